The minimum Gasteiger partial charge on any atom is -0.462 e. The highest BCUT2D eigenvalue weighted by Crippen LogP contribution is 2.45. The first-order chi connectivity index (χ1) is 48.9. The summed E-state index contributed by atoms with van der Waals surface area (Å²) in [5.41, 5.74) is 0. The van der Waals surface area contributed by atoms with Crippen molar-refractivity contribution in [2.24, 2.45) is 11.8 Å². The first-order valence-corrected chi connectivity index (χ1v) is 45.5. The highest BCUT2D eigenvalue weighted by Gasteiger charge is 2.30. The Balaban J connectivity index is 5.17. The third-order valence-corrected chi connectivity index (χ3v) is 21.5. The summed E-state index contributed by atoms with van der Waals surface area (Å²) >= 11 is 0. The summed E-state index contributed by atoms with van der Waals surface area (Å²) in [5, 5.41) is 10.6. The van der Waals surface area contributed by atoms with Gasteiger partial charge in [-0.05, 0) is 37.5 Å². The zero-order valence-electron chi connectivity index (χ0n) is 66.2. The number of hydrogen-bond donors (Lipinski definition) is 3. The number of phosphoric acid groups is 2. The summed E-state index contributed by atoms with van der Waals surface area (Å²) in [6, 6.07) is 0. The Labute approximate surface area is 619 Å². The molecule has 6 atom stereocenters. The van der Waals surface area contributed by atoms with Crippen molar-refractivity contribution in [1.29, 1.82) is 0 Å². The van der Waals surface area contributed by atoms with Crippen molar-refractivity contribution in [2.45, 2.75) is 452 Å². The van der Waals surface area contributed by atoms with Gasteiger partial charge in [-0.2, -0.15) is 0 Å². The summed E-state index contributed by atoms with van der Waals surface area (Å²) in [4.78, 5) is 72.9. The molecular formula is C82H160O17P2. The van der Waals surface area contributed by atoms with Crippen LogP contribution in [0.15, 0.2) is 0 Å². The van der Waals surface area contributed by atoms with Crippen LogP contribution in [0.3, 0.4) is 0 Å². The fourth-order valence-electron chi connectivity index (χ4n) is 12.7. The van der Waals surface area contributed by atoms with Gasteiger partial charge in [0, 0.05) is 25.7 Å². The van der Waals surface area contributed by atoms with Crippen LogP contribution in [0.5, 0.6) is 0 Å². The van der Waals surface area contributed by atoms with Crippen LogP contribution in [0.2, 0.25) is 0 Å². The Morgan fingerprint density at radius 1 is 0.287 bits per heavy atom. The zero-order chi connectivity index (χ0) is 74.2. The van der Waals surface area contributed by atoms with Gasteiger partial charge < -0.3 is 33.8 Å². The van der Waals surface area contributed by atoms with Gasteiger partial charge in [0.15, 0.2) is 12.2 Å². The maximum absolute atomic E-state index is 13.1. The number of hydrogen-bond acceptors (Lipinski definition) is 15. The van der Waals surface area contributed by atoms with Crippen molar-refractivity contribution in [3.05, 3.63) is 0 Å². The van der Waals surface area contributed by atoms with E-state index in [0.717, 1.165) is 115 Å². The lowest BCUT2D eigenvalue weighted by Gasteiger charge is -2.21. The first-order valence-electron chi connectivity index (χ1n) is 42.5. The van der Waals surface area contributed by atoms with Crippen LogP contribution in [0.4, 0.5) is 0 Å². The van der Waals surface area contributed by atoms with Crippen molar-refractivity contribution in [2.75, 3.05) is 39.6 Å². The molecule has 3 N–H and O–H groups in total. The lowest BCUT2D eigenvalue weighted by Crippen LogP contribution is -2.30. The minimum absolute atomic E-state index is 0.108. The maximum Gasteiger partial charge on any atom is 0.472 e. The summed E-state index contributed by atoms with van der Waals surface area (Å²) in [5.74, 6) is -0.441. The van der Waals surface area contributed by atoms with Gasteiger partial charge in [0.05, 0.1) is 26.4 Å². The lowest BCUT2D eigenvalue weighted by atomic mass is 9.99. The minimum atomic E-state index is -4.96. The number of ether oxygens (including phenoxy) is 4. The Morgan fingerprint density at radius 2 is 0.505 bits per heavy atom. The Kier molecular flexibility index (Phi) is 72.2. The molecule has 3 unspecified atom stereocenters. The Hall–Kier alpha value is -1.94. The second kappa shape index (κ2) is 73.6. The Morgan fingerprint density at radius 3 is 0.752 bits per heavy atom. The molecule has 0 saturated heterocycles. The van der Waals surface area contributed by atoms with E-state index in [-0.39, 0.29) is 25.7 Å². The third kappa shape index (κ3) is 74.7. The van der Waals surface area contributed by atoms with Crippen LogP contribution in [-0.4, -0.2) is 96.7 Å². The van der Waals surface area contributed by atoms with Crippen LogP contribution in [0.25, 0.3) is 0 Å². The van der Waals surface area contributed by atoms with E-state index >= 15 is 0 Å². The summed E-state index contributed by atoms with van der Waals surface area (Å²) < 4.78 is 68.6. The van der Waals surface area contributed by atoms with E-state index in [1.54, 1.807) is 0 Å². The molecule has 0 aromatic rings. The molecule has 17 nitrogen and oxygen atoms in total. The molecule has 0 amide bonds. The molecule has 0 aliphatic carbocycles. The van der Waals surface area contributed by atoms with E-state index in [1.165, 1.54) is 238 Å². The summed E-state index contributed by atoms with van der Waals surface area (Å²) in [6.07, 6.45) is 63.9. The summed E-state index contributed by atoms with van der Waals surface area (Å²) in [6.45, 7) is 9.69. The smallest absolute Gasteiger partial charge is 0.462 e. The number of carbonyl (C=O) groups excluding carboxylic acids is 4. The number of phosphoric ester groups is 2. The largest absolute Gasteiger partial charge is 0.472 e. The quantitative estimate of drug-likeness (QED) is 0.0222. The topological polar surface area (TPSA) is 237 Å². The standard InChI is InChI=1S/C82H160O17P2/c1-7-10-12-14-16-17-18-19-24-32-37-42-48-54-60-66-81(86)98-77(70-92-79(84)64-58-52-44-15-13-11-8-2)72-96-100(88,89)94-68-76(83)69-95-101(90,91)97-73-78(71-93-80(85)65-59-53-47-41-36-31-28-27-29-34-39-45-50-56-62-74(4)5)99-82(87)67-61-55-49-43-38-33-26-23-21-20-22-25-30-35-40-46-51-57-63-75(6)9-3/h74-78,83H,7-73H2,1-6H3,(H,88,89)(H,90,91)/t75?,76-,77+,78+/m0/s1. The van der Waals surface area contributed by atoms with Crippen molar-refractivity contribution < 1.29 is 80.2 Å². The monoisotopic (exact) mass is 1480 g/mol. The lowest BCUT2D eigenvalue weighted by molar-refractivity contribution is -0.161. The molecule has 0 rings (SSSR count). The average Bonchev–Trinajstić information content (AvgIpc) is 1.37. The molecule has 600 valence electrons. The van der Waals surface area contributed by atoms with Crippen LogP contribution < -0.4 is 0 Å². The van der Waals surface area contributed by atoms with Gasteiger partial charge in [0.2, 0.25) is 0 Å². The molecule has 0 aromatic heterocycles. The number of aliphatic hydroxyl groups is 1. The number of rotatable bonds is 81. The molecule has 0 spiro atoms. The second-order valence-electron chi connectivity index (χ2n) is 30.2. The SMILES string of the molecule is CCCCCCCCCCCCCCCCCC(=O)O[C@H](COC(=O)CCCCCCCCC)COP(=O)(O)OC[C@H](O)COP(=O)(O)OC[C@@H](COC(=O)CCCCCCCCCCCCCCCCC(C)C)OC(=O)CCCCCCCCCCCCCCCCCCCCC(C)CC. The normalized spacial score (nSPS) is 14.2. The predicted molar refractivity (Wildman–Crippen MR) is 414 cm³/mol. The van der Waals surface area contributed by atoms with Gasteiger partial charge in [-0.1, -0.05) is 382 Å². The molecule has 0 aliphatic rings. The molecule has 0 radical (unpaired) electrons. The fourth-order valence-corrected chi connectivity index (χ4v) is 14.3. The molecule has 0 aromatic carbocycles. The van der Waals surface area contributed by atoms with Crippen LogP contribution in [0.1, 0.15) is 433 Å². The third-order valence-electron chi connectivity index (χ3n) is 19.6. The van der Waals surface area contributed by atoms with Crippen LogP contribution in [0, 0.1) is 11.8 Å². The van der Waals surface area contributed by atoms with Gasteiger partial charge in [-0.3, -0.25) is 37.3 Å². The predicted octanol–water partition coefficient (Wildman–Crippen LogP) is 24.7. The van der Waals surface area contributed by atoms with Crippen molar-refractivity contribution >= 4 is 39.5 Å². The van der Waals surface area contributed by atoms with Crippen molar-refractivity contribution in [3.63, 3.8) is 0 Å². The first kappa shape index (κ1) is 99.1. The maximum atomic E-state index is 13.1. The van der Waals surface area contributed by atoms with E-state index in [1.807, 2.05) is 0 Å². The van der Waals surface area contributed by atoms with E-state index in [9.17, 15) is 43.2 Å². The molecule has 0 bridgehead atoms. The van der Waals surface area contributed by atoms with E-state index in [2.05, 4.69) is 41.5 Å². The molecule has 0 fully saturated rings. The Bertz CT molecular complexity index is 1940. The molecule has 19 heteroatoms. The number of unbranched alkanes of at least 4 members (excludes halogenated alkanes) is 50. The van der Waals surface area contributed by atoms with E-state index in [4.69, 9.17) is 37.0 Å². The van der Waals surface area contributed by atoms with Crippen molar-refractivity contribution in [1.82, 2.24) is 0 Å². The van der Waals surface area contributed by atoms with Gasteiger partial charge in [0.1, 0.15) is 19.3 Å². The van der Waals surface area contributed by atoms with Gasteiger partial charge in [-0.25, -0.2) is 9.13 Å². The summed E-state index contributed by atoms with van der Waals surface area (Å²) in [7, 11) is -9.91. The highest BCUT2D eigenvalue weighted by atomic mass is 31.2. The van der Waals surface area contributed by atoms with Crippen LogP contribution >= 0.6 is 15.6 Å². The number of aliphatic hydroxyl groups excluding tert-OH is 1. The van der Waals surface area contributed by atoms with E-state index < -0.39 is 97.5 Å². The van der Waals surface area contributed by atoms with Crippen molar-refractivity contribution in [3.8, 4) is 0 Å². The molecule has 0 aliphatic heterocycles. The number of esters is 4. The molecule has 101 heavy (non-hydrogen) atoms. The van der Waals surface area contributed by atoms with Gasteiger partial charge in [-0.15, -0.1) is 0 Å². The van der Waals surface area contributed by atoms with Gasteiger partial charge in [0.25, 0.3) is 0 Å². The molecular weight excluding hydrogens is 1320 g/mol. The highest BCUT2D eigenvalue weighted by molar-refractivity contribution is 7.47. The number of carbonyl (C=O) groups is 4. The molecule has 0 heterocycles. The zero-order valence-corrected chi connectivity index (χ0v) is 68.0. The average molecular weight is 1480 g/mol. The fraction of sp³-hybridized carbons (Fsp3) is 0.951. The molecule has 0 saturated carbocycles. The van der Waals surface area contributed by atoms with Crippen LogP contribution in [-0.2, 0) is 65.4 Å². The van der Waals surface area contributed by atoms with E-state index in [0.29, 0.717) is 25.7 Å². The second-order valence-corrected chi connectivity index (χ2v) is 33.1. The van der Waals surface area contributed by atoms with Gasteiger partial charge >= 0.3 is 39.5 Å².